The van der Waals surface area contributed by atoms with E-state index in [0.29, 0.717) is 40.2 Å². The Morgan fingerprint density at radius 3 is 2.70 bits per heavy atom. The van der Waals surface area contributed by atoms with E-state index in [4.69, 9.17) is 13.9 Å². The minimum Gasteiger partial charge on any atom is -0.493 e. The first-order valence-corrected chi connectivity index (χ1v) is 9.20. The van der Waals surface area contributed by atoms with Gasteiger partial charge in [-0.2, -0.15) is 0 Å². The molecule has 1 N–H and O–H groups in total. The summed E-state index contributed by atoms with van der Waals surface area (Å²) < 4.78 is 17.4. The molecule has 7 heteroatoms. The van der Waals surface area contributed by atoms with Crippen LogP contribution in [0.25, 0.3) is 11.0 Å². The lowest BCUT2D eigenvalue weighted by Crippen LogP contribution is -2.22. The van der Waals surface area contributed by atoms with Crippen molar-refractivity contribution in [2.75, 3.05) is 13.7 Å². The lowest BCUT2D eigenvalue weighted by Gasteiger charge is -2.15. The maximum absolute atomic E-state index is 13.1. The summed E-state index contributed by atoms with van der Waals surface area (Å²) >= 11 is 3.37. The van der Waals surface area contributed by atoms with E-state index in [9.17, 15) is 9.59 Å². The van der Waals surface area contributed by atoms with E-state index in [2.05, 4.69) is 21.2 Å². The van der Waals surface area contributed by atoms with Crippen LogP contribution in [0.2, 0.25) is 0 Å². The first kappa shape index (κ1) is 17.6. The minimum absolute atomic E-state index is 0.0488. The normalized spacial score (nSPS) is 15.5. The lowest BCUT2D eigenvalue weighted by molar-refractivity contribution is 0.0938. The number of rotatable bonds is 4. The van der Waals surface area contributed by atoms with Gasteiger partial charge in [0.2, 0.25) is 5.76 Å². The third kappa shape index (κ3) is 2.88. The van der Waals surface area contributed by atoms with Crippen LogP contribution in [0.15, 0.2) is 50.1 Å². The van der Waals surface area contributed by atoms with E-state index < -0.39 is 11.9 Å². The average Bonchev–Trinajstić information content (AvgIpc) is 3.00. The van der Waals surface area contributed by atoms with E-state index in [0.717, 1.165) is 4.47 Å². The summed E-state index contributed by atoms with van der Waals surface area (Å²) in [6.45, 7) is 2.39. The number of ether oxygens (including phenoxy) is 2. The lowest BCUT2D eigenvalue weighted by atomic mass is 9.99. The van der Waals surface area contributed by atoms with Crippen molar-refractivity contribution >= 4 is 32.8 Å². The highest BCUT2D eigenvalue weighted by molar-refractivity contribution is 9.10. The minimum atomic E-state index is -0.614. The first-order chi connectivity index (χ1) is 13.0. The van der Waals surface area contributed by atoms with Gasteiger partial charge >= 0.3 is 0 Å². The van der Waals surface area contributed by atoms with Crippen molar-refractivity contribution in [2.45, 2.75) is 13.0 Å². The highest BCUT2D eigenvalue weighted by Crippen LogP contribution is 2.36. The number of hydrogen-bond donors (Lipinski definition) is 1. The Labute approximate surface area is 163 Å². The molecule has 1 aliphatic rings. The smallest absolute Gasteiger partial charge is 0.288 e. The standard InChI is InChI=1S/C20H16BrNO5/c1-3-26-14-6-4-10(8-15(14)25-2)17-16-18(23)12-9-11(21)5-7-13(12)27-19(16)20(24)22-17/h4-9,17H,3H2,1-2H3,(H,22,24). The molecule has 0 spiro atoms. The fourth-order valence-corrected chi connectivity index (χ4v) is 3.63. The first-order valence-electron chi connectivity index (χ1n) is 8.41. The molecule has 0 fully saturated rings. The largest absolute Gasteiger partial charge is 0.493 e. The molecule has 0 bridgehead atoms. The summed E-state index contributed by atoms with van der Waals surface area (Å²) in [5, 5.41) is 3.25. The Kier molecular flexibility index (Phi) is 4.39. The van der Waals surface area contributed by atoms with Crippen molar-refractivity contribution in [3.05, 3.63) is 68.0 Å². The molecule has 0 saturated carbocycles. The summed E-state index contributed by atoms with van der Waals surface area (Å²) in [5.74, 6) is 0.769. The Hall–Kier alpha value is -2.80. The second-order valence-corrected chi connectivity index (χ2v) is 6.98. The van der Waals surface area contributed by atoms with Gasteiger partial charge in [-0.3, -0.25) is 9.59 Å². The molecule has 0 radical (unpaired) electrons. The number of amides is 1. The molecule has 2 heterocycles. The number of fused-ring (bicyclic) bond motifs is 2. The molecule has 1 aromatic heterocycles. The van der Waals surface area contributed by atoms with Gasteiger partial charge in [0, 0.05) is 4.47 Å². The number of methoxy groups -OCH3 is 1. The fraction of sp³-hybridized carbons (Fsp3) is 0.200. The predicted octanol–water partition coefficient (Wildman–Crippen LogP) is 3.80. The monoisotopic (exact) mass is 429 g/mol. The van der Waals surface area contributed by atoms with E-state index in [1.54, 1.807) is 43.5 Å². The summed E-state index contributed by atoms with van der Waals surface area (Å²) in [7, 11) is 1.54. The molecule has 6 nitrogen and oxygen atoms in total. The summed E-state index contributed by atoms with van der Waals surface area (Å²) in [4.78, 5) is 25.5. The number of carbonyl (C=O) groups excluding carboxylic acids is 1. The van der Waals surface area contributed by atoms with Crippen molar-refractivity contribution in [1.82, 2.24) is 5.32 Å². The topological polar surface area (TPSA) is 77.8 Å². The van der Waals surface area contributed by atoms with Gasteiger partial charge in [0.15, 0.2) is 16.9 Å². The molecule has 27 heavy (non-hydrogen) atoms. The Bertz CT molecular complexity index is 1120. The van der Waals surface area contributed by atoms with Gasteiger partial charge in [-0.05, 0) is 42.8 Å². The van der Waals surface area contributed by atoms with E-state index in [1.807, 2.05) is 6.92 Å². The van der Waals surface area contributed by atoms with Crippen molar-refractivity contribution in [2.24, 2.45) is 0 Å². The molecule has 1 amide bonds. The molecule has 1 aliphatic heterocycles. The maximum atomic E-state index is 13.1. The van der Waals surface area contributed by atoms with Crippen LogP contribution in [-0.4, -0.2) is 19.6 Å². The van der Waals surface area contributed by atoms with Gasteiger partial charge in [-0.15, -0.1) is 0 Å². The second-order valence-electron chi connectivity index (χ2n) is 6.06. The van der Waals surface area contributed by atoms with Gasteiger partial charge in [-0.25, -0.2) is 0 Å². The van der Waals surface area contributed by atoms with Crippen LogP contribution >= 0.6 is 15.9 Å². The van der Waals surface area contributed by atoms with E-state index in [-0.39, 0.29) is 11.2 Å². The quantitative estimate of drug-likeness (QED) is 0.682. The third-order valence-electron chi connectivity index (χ3n) is 4.48. The van der Waals surface area contributed by atoms with Crippen LogP contribution in [0, 0.1) is 0 Å². The molecule has 0 saturated heterocycles. The Balaban J connectivity index is 1.89. The Morgan fingerprint density at radius 1 is 1.15 bits per heavy atom. The molecular weight excluding hydrogens is 414 g/mol. The van der Waals surface area contributed by atoms with Crippen LogP contribution in [0.4, 0.5) is 0 Å². The zero-order valence-corrected chi connectivity index (χ0v) is 16.3. The fourth-order valence-electron chi connectivity index (χ4n) is 3.27. The van der Waals surface area contributed by atoms with Gasteiger partial charge < -0.3 is 19.2 Å². The Morgan fingerprint density at radius 2 is 1.96 bits per heavy atom. The molecule has 0 aliphatic carbocycles. The summed E-state index contributed by atoms with van der Waals surface area (Å²) in [6, 6.07) is 9.84. The number of hydrogen-bond acceptors (Lipinski definition) is 5. The predicted molar refractivity (Wildman–Crippen MR) is 104 cm³/mol. The highest BCUT2D eigenvalue weighted by atomic mass is 79.9. The zero-order chi connectivity index (χ0) is 19.1. The molecule has 1 unspecified atom stereocenters. The number of halogens is 1. The SMILES string of the molecule is CCOc1ccc(C2NC(=O)c3oc4ccc(Br)cc4c(=O)c32)cc1OC. The van der Waals surface area contributed by atoms with Crippen LogP contribution < -0.4 is 20.2 Å². The van der Waals surface area contributed by atoms with Crippen LogP contribution in [-0.2, 0) is 0 Å². The molecule has 138 valence electrons. The molecule has 1 atom stereocenters. The summed E-state index contributed by atoms with van der Waals surface area (Å²) in [6.07, 6.45) is 0. The summed E-state index contributed by atoms with van der Waals surface area (Å²) in [5.41, 5.74) is 1.16. The molecular formula is C20H16BrNO5. The van der Waals surface area contributed by atoms with Crippen molar-refractivity contribution in [3.8, 4) is 11.5 Å². The molecule has 3 aromatic rings. The van der Waals surface area contributed by atoms with Gasteiger partial charge in [0.05, 0.1) is 30.7 Å². The van der Waals surface area contributed by atoms with Crippen LogP contribution in [0.3, 0.4) is 0 Å². The van der Waals surface area contributed by atoms with Crippen LogP contribution in [0.5, 0.6) is 11.5 Å². The maximum Gasteiger partial charge on any atom is 0.288 e. The number of benzene rings is 2. The average molecular weight is 430 g/mol. The third-order valence-corrected chi connectivity index (χ3v) is 4.97. The van der Waals surface area contributed by atoms with Gasteiger partial charge in [0.1, 0.15) is 5.58 Å². The van der Waals surface area contributed by atoms with Gasteiger partial charge in [0.25, 0.3) is 5.91 Å². The number of nitrogens with one attached hydrogen (secondary N) is 1. The van der Waals surface area contributed by atoms with Crippen LogP contribution in [0.1, 0.15) is 34.6 Å². The van der Waals surface area contributed by atoms with Crippen molar-refractivity contribution in [1.29, 1.82) is 0 Å². The van der Waals surface area contributed by atoms with E-state index >= 15 is 0 Å². The second kappa shape index (κ2) is 6.74. The highest BCUT2D eigenvalue weighted by Gasteiger charge is 2.36. The van der Waals surface area contributed by atoms with Gasteiger partial charge in [-0.1, -0.05) is 22.0 Å². The number of carbonyl (C=O) groups is 1. The van der Waals surface area contributed by atoms with Crippen molar-refractivity contribution in [3.63, 3.8) is 0 Å². The zero-order valence-electron chi connectivity index (χ0n) is 14.7. The van der Waals surface area contributed by atoms with E-state index in [1.165, 1.54) is 0 Å². The molecule has 4 rings (SSSR count). The van der Waals surface area contributed by atoms with Crippen molar-refractivity contribution < 1.29 is 18.7 Å². The molecule has 2 aromatic carbocycles.